The number of β-amino-alcohol motifs (C(OH)–C–C–N with tert-alkyl or cyclic N) is 1. The van der Waals surface area contributed by atoms with Gasteiger partial charge in [0.25, 0.3) is 5.56 Å². The van der Waals surface area contributed by atoms with E-state index in [9.17, 15) is 9.90 Å². The molecule has 0 amide bonds. The van der Waals surface area contributed by atoms with Gasteiger partial charge in [-0.2, -0.15) is 0 Å². The number of terminal acetylenes is 1. The number of fused-ring (bicyclic) bond motifs is 4. The van der Waals surface area contributed by atoms with E-state index in [1.54, 1.807) is 6.07 Å². The lowest BCUT2D eigenvalue weighted by Gasteiger charge is -2.43. The predicted molar refractivity (Wildman–Crippen MR) is 83.6 cm³/mol. The molecule has 22 heavy (non-hydrogen) atoms. The zero-order chi connectivity index (χ0) is 15.5. The Labute approximate surface area is 130 Å². The second-order valence-corrected chi connectivity index (χ2v) is 6.29. The number of ether oxygens (including phenoxy) is 1. The average molecular weight is 302 g/mol. The van der Waals surface area contributed by atoms with Crippen LogP contribution in [-0.2, 0) is 11.3 Å². The van der Waals surface area contributed by atoms with Crippen LogP contribution in [-0.4, -0.2) is 53.5 Å². The summed E-state index contributed by atoms with van der Waals surface area (Å²) in [5, 5.41) is 10.0. The molecule has 5 heteroatoms. The number of likely N-dealkylation sites (tertiary alicyclic amines) is 1. The number of hydrogen-bond donors (Lipinski definition) is 1. The van der Waals surface area contributed by atoms with Crippen molar-refractivity contribution in [2.24, 2.45) is 5.92 Å². The number of aliphatic hydroxyl groups is 1. The maximum atomic E-state index is 12.0. The molecule has 1 saturated heterocycles. The Morgan fingerprint density at radius 2 is 2.27 bits per heavy atom. The fraction of sp³-hybridized carbons (Fsp3) is 0.588. The lowest BCUT2D eigenvalue weighted by molar-refractivity contribution is 0.0112. The maximum Gasteiger partial charge on any atom is 0.250 e. The van der Waals surface area contributed by atoms with Crippen LogP contribution >= 0.6 is 0 Å². The minimum Gasteiger partial charge on any atom is -0.389 e. The van der Waals surface area contributed by atoms with E-state index in [4.69, 9.17) is 11.2 Å². The van der Waals surface area contributed by atoms with Gasteiger partial charge in [-0.05, 0) is 18.4 Å². The quantitative estimate of drug-likeness (QED) is 0.627. The zero-order valence-electron chi connectivity index (χ0n) is 12.6. The summed E-state index contributed by atoms with van der Waals surface area (Å²) >= 11 is 0. The monoisotopic (exact) mass is 302 g/mol. The number of hydrogen-bond acceptors (Lipinski definition) is 4. The molecule has 1 unspecified atom stereocenters. The SMILES string of the molecule is C#CCOCC(O)CN1C[C@@H]2C[C@H](C1)c1cccc(=O)n1C2. The van der Waals surface area contributed by atoms with E-state index in [-0.39, 0.29) is 18.8 Å². The van der Waals surface area contributed by atoms with Crippen molar-refractivity contribution in [2.75, 3.05) is 32.8 Å². The molecule has 2 aliphatic rings. The zero-order valence-corrected chi connectivity index (χ0v) is 12.6. The van der Waals surface area contributed by atoms with Crippen molar-refractivity contribution in [2.45, 2.75) is 25.0 Å². The number of aliphatic hydroxyl groups excluding tert-OH is 1. The van der Waals surface area contributed by atoms with E-state index in [1.165, 1.54) is 0 Å². The van der Waals surface area contributed by atoms with Gasteiger partial charge in [0, 0.05) is 43.9 Å². The molecule has 1 N–H and O–H groups in total. The fourth-order valence-corrected chi connectivity index (χ4v) is 3.75. The Balaban J connectivity index is 1.64. The molecule has 0 saturated carbocycles. The van der Waals surface area contributed by atoms with Crippen molar-refractivity contribution in [1.82, 2.24) is 9.47 Å². The lowest BCUT2D eigenvalue weighted by Crippen LogP contribution is -2.49. The minimum atomic E-state index is -0.523. The smallest absolute Gasteiger partial charge is 0.250 e. The van der Waals surface area contributed by atoms with Crippen molar-refractivity contribution in [3.05, 3.63) is 34.2 Å². The molecule has 2 bridgehead atoms. The van der Waals surface area contributed by atoms with E-state index in [2.05, 4.69) is 16.9 Å². The second-order valence-electron chi connectivity index (χ2n) is 6.29. The molecule has 5 nitrogen and oxygen atoms in total. The Hall–Kier alpha value is -1.61. The van der Waals surface area contributed by atoms with Crippen LogP contribution in [0, 0.1) is 18.3 Å². The summed E-state index contributed by atoms with van der Waals surface area (Å²) in [5.41, 5.74) is 1.23. The summed E-state index contributed by atoms with van der Waals surface area (Å²) in [6.07, 6.45) is 5.73. The van der Waals surface area contributed by atoms with Gasteiger partial charge in [0.2, 0.25) is 0 Å². The summed E-state index contributed by atoms with van der Waals surface area (Å²) in [4.78, 5) is 14.3. The topological polar surface area (TPSA) is 54.7 Å². The third-order valence-electron chi connectivity index (χ3n) is 4.52. The van der Waals surface area contributed by atoms with Crippen LogP contribution in [0.4, 0.5) is 0 Å². The first-order valence-corrected chi connectivity index (χ1v) is 7.78. The summed E-state index contributed by atoms with van der Waals surface area (Å²) < 4.78 is 7.11. The summed E-state index contributed by atoms with van der Waals surface area (Å²) in [7, 11) is 0. The Morgan fingerprint density at radius 1 is 1.41 bits per heavy atom. The number of aromatic nitrogens is 1. The molecule has 1 fully saturated rings. The third-order valence-corrected chi connectivity index (χ3v) is 4.52. The number of pyridine rings is 1. The molecular formula is C17H22N2O3. The molecule has 3 atom stereocenters. The van der Waals surface area contributed by atoms with Gasteiger partial charge < -0.3 is 14.4 Å². The Kier molecular flexibility index (Phi) is 4.63. The molecule has 1 aromatic rings. The molecular weight excluding hydrogens is 280 g/mol. The van der Waals surface area contributed by atoms with Gasteiger partial charge in [-0.25, -0.2) is 0 Å². The van der Waals surface area contributed by atoms with Crippen LogP contribution in [0.1, 0.15) is 18.0 Å². The van der Waals surface area contributed by atoms with Gasteiger partial charge in [0.15, 0.2) is 0 Å². The number of rotatable bonds is 5. The van der Waals surface area contributed by atoms with Crippen LogP contribution in [0.15, 0.2) is 23.0 Å². The molecule has 0 aliphatic carbocycles. The Bertz CT molecular complexity index is 619. The van der Waals surface area contributed by atoms with Crippen LogP contribution in [0.25, 0.3) is 0 Å². The second kappa shape index (κ2) is 6.66. The van der Waals surface area contributed by atoms with Crippen molar-refractivity contribution in [3.8, 4) is 12.3 Å². The normalized spacial score (nSPS) is 25.3. The maximum absolute atomic E-state index is 12.0. The fourth-order valence-electron chi connectivity index (χ4n) is 3.75. The summed E-state index contributed by atoms with van der Waals surface area (Å²) in [6.45, 7) is 3.68. The third kappa shape index (κ3) is 3.25. The molecule has 3 heterocycles. The molecule has 1 aromatic heterocycles. The van der Waals surface area contributed by atoms with E-state index < -0.39 is 6.10 Å². The minimum absolute atomic E-state index is 0.100. The van der Waals surface area contributed by atoms with E-state index >= 15 is 0 Å². The predicted octanol–water partition coefficient (Wildman–Crippen LogP) is 0.278. The van der Waals surface area contributed by atoms with Crippen LogP contribution in [0.5, 0.6) is 0 Å². The first kappa shape index (κ1) is 15.3. The van der Waals surface area contributed by atoms with Crippen LogP contribution in [0.3, 0.4) is 0 Å². The molecule has 0 spiro atoms. The molecule has 0 aromatic carbocycles. The van der Waals surface area contributed by atoms with Gasteiger partial charge in [0.1, 0.15) is 6.61 Å². The van der Waals surface area contributed by atoms with Gasteiger partial charge >= 0.3 is 0 Å². The molecule has 0 radical (unpaired) electrons. The van der Waals surface area contributed by atoms with Crippen LogP contribution < -0.4 is 5.56 Å². The molecule has 118 valence electrons. The Morgan fingerprint density at radius 3 is 3.09 bits per heavy atom. The van der Waals surface area contributed by atoms with Crippen molar-refractivity contribution < 1.29 is 9.84 Å². The van der Waals surface area contributed by atoms with Crippen LogP contribution in [0.2, 0.25) is 0 Å². The highest BCUT2D eigenvalue weighted by atomic mass is 16.5. The first-order valence-electron chi connectivity index (χ1n) is 7.78. The molecule has 3 rings (SSSR count). The lowest BCUT2D eigenvalue weighted by atomic mass is 9.83. The number of nitrogens with zero attached hydrogens (tertiary/aromatic N) is 2. The summed E-state index contributed by atoms with van der Waals surface area (Å²) in [6, 6.07) is 5.53. The highest BCUT2D eigenvalue weighted by molar-refractivity contribution is 5.16. The van der Waals surface area contributed by atoms with Crippen molar-refractivity contribution in [1.29, 1.82) is 0 Å². The van der Waals surface area contributed by atoms with Gasteiger partial charge in [-0.1, -0.05) is 12.0 Å². The van der Waals surface area contributed by atoms with Gasteiger partial charge in [-0.15, -0.1) is 6.42 Å². The number of piperidine rings is 1. The van der Waals surface area contributed by atoms with Crippen molar-refractivity contribution >= 4 is 0 Å². The largest absolute Gasteiger partial charge is 0.389 e. The average Bonchev–Trinajstić information content (AvgIpc) is 2.48. The van der Waals surface area contributed by atoms with Gasteiger partial charge in [0.05, 0.1) is 12.7 Å². The van der Waals surface area contributed by atoms with E-state index in [1.807, 2.05) is 10.6 Å². The summed E-state index contributed by atoms with van der Waals surface area (Å²) in [5.74, 6) is 3.25. The highest BCUT2D eigenvalue weighted by Crippen LogP contribution is 2.34. The van der Waals surface area contributed by atoms with E-state index in [0.717, 1.165) is 31.7 Å². The first-order chi connectivity index (χ1) is 10.7. The molecule has 2 aliphatic heterocycles. The van der Waals surface area contributed by atoms with Crippen molar-refractivity contribution in [3.63, 3.8) is 0 Å². The van der Waals surface area contributed by atoms with Gasteiger partial charge in [-0.3, -0.25) is 9.69 Å². The van der Waals surface area contributed by atoms with E-state index in [0.29, 0.717) is 18.4 Å². The standard InChI is InChI=1S/C17H22N2O3/c1-2-6-22-12-15(20)11-18-8-13-7-14(10-18)16-4-3-5-17(21)19(16)9-13/h1,3-5,13-15,20H,6-12H2/t13-,14+,15?/m0/s1. The highest BCUT2D eigenvalue weighted by Gasteiger charge is 2.34.